The van der Waals surface area contributed by atoms with E-state index < -0.39 is 0 Å². The van der Waals surface area contributed by atoms with Crippen LogP contribution in [0.5, 0.6) is 11.5 Å². The SMILES string of the molecule is COc1cc(/C=C2\SC(=S)N(C[C@H]3CCCO3)C2=O)ccc1OCC(=O)Nc1cccc(C)c1C. The lowest BCUT2D eigenvalue weighted by Gasteiger charge is -2.18. The molecule has 2 aromatic rings. The third kappa shape index (κ3) is 6.04. The molecule has 0 saturated carbocycles. The zero-order chi connectivity index (χ0) is 24.9. The van der Waals surface area contributed by atoms with Gasteiger partial charge in [-0.3, -0.25) is 14.5 Å². The molecule has 0 aliphatic carbocycles. The zero-order valence-electron chi connectivity index (χ0n) is 20.0. The number of thioether (sulfide) groups is 1. The molecule has 2 aliphatic heterocycles. The topological polar surface area (TPSA) is 77.1 Å². The molecule has 184 valence electrons. The molecular formula is C26H28N2O5S2. The van der Waals surface area contributed by atoms with Crippen molar-refractivity contribution in [2.45, 2.75) is 32.8 Å². The normalized spacial score (nSPS) is 18.9. The molecule has 0 bridgehead atoms. The molecule has 2 saturated heterocycles. The predicted octanol–water partition coefficient (Wildman–Crippen LogP) is 4.71. The smallest absolute Gasteiger partial charge is 0.266 e. The largest absolute Gasteiger partial charge is 0.493 e. The van der Waals surface area contributed by atoms with E-state index in [0.717, 1.165) is 41.8 Å². The third-order valence-corrected chi connectivity index (χ3v) is 7.38. The predicted molar refractivity (Wildman–Crippen MR) is 142 cm³/mol. The molecule has 0 aromatic heterocycles. The average molecular weight is 513 g/mol. The van der Waals surface area contributed by atoms with Gasteiger partial charge in [0.25, 0.3) is 11.8 Å². The van der Waals surface area contributed by atoms with E-state index in [1.807, 2.05) is 38.1 Å². The van der Waals surface area contributed by atoms with Crippen molar-refractivity contribution in [1.29, 1.82) is 0 Å². The van der Waals surface area contributed by atoms with Gasteiger partial charge >= 0.3 is 0 Å². The zero-order valence-corrected chi connectivity index (χ0v) is 21.6. The van der Waals surface area contributed by atoms with E-state index in [2.05, 4.69) is 5.32 Å². The van der Waals surface area contributed by atoms with E-state index in [4.69, 9.17) is 26.4 Å². The van der Waals surface area contributed by atoms with Gasteiger partial charge in [-0.05, 0) is 67.7 Å². The first-order valence-electron chi connectivity index (χ1n) is 11.4. The van der Waals surface area contributed by atoms with Gasteiger partial charge in [-0.2, -0.15) is 0 Å². The van der Waals surface area contributed by atoms with Crippen LogP contribution in [0.15, 0.2) is 41.3 Å². The Balaban J connectivity index is 1.40. The molecule has 2 heterocycles. The van der Waals surface area contributed by atoms with Crippen LogP contribution in [0.25, 0.3) is 6.08 Å². The highest BCUT2D eigenvalue weighted by atomic mass is 32.2. The molecule has 0 radical (unpaired) electrons. The number of aryl methyl sites for hydroxylation is 1. The third-order valence-electron chi connectivity index (χ3n) is 6.01. The molecule has 9 heteroatoms. The Morgan fingerprint density at radius 2 is 2.11 bits per heavy atom. The fourth-order valence-corrected chi connectivity index (χ4v) is 5.19. The number of anilines is 1. The van der Waals surface area contributed by atoms with Crippen LogP contribution in [0.1, 0.15) is 29.5 Å². The van der Waals surface area contributed by atoms with E-state index in [9.17, 15) is 9.59 Å². The van der Waals surface area contributed by atoms with Gasteiger partial charge in [-0.15, -0.1) is 0 Å². The van der Waals surface area contributed by atoms with Crippen molar-refractivity contribution in [2.24, 2.45) is 0 Å². The van der Waals surface area contributed by atoms with Gasteiger partial charge in [0.15, 0.2) is 18.1 Å². The second kappa shape index (κ2) is 11.2. The highest BCUT2D eigenvalue weighted by molar-refractivity contribution is 8.26. The minimum atomic E-state index is -0.264. The number of ether oxygens (including phenoxy) is 3. The van der Waals surface area contributed by atoms with E-state index in [-0.39, 0.29) is 24.5 Å². The van der Waals surface area contributed by atoms with Crippen molar-refractivity contribution in [3.8, 4) is 11.5 Å². The number of amides is 2. The summed E-state index contributed by atoms with van der Waals surface area (Å²) in [6.45, 7) is 5.02. The van der Waals surface area contributed by atoms with Crippen LogP contribution in [0.4, 0.5) is 5.69 Å². The standard InChI is InChI=1S/C26H28N2O5S2/c1-16-6-4-8-20(17(16)2)27-24(29)15-33-21-10-9-18(12-22(21)31-3)13-23-25(30)28(26(34)35-23)14-19-7-5-11-32-19/h4,6,8-10,12-13,19H,5,7,11,14-15H2,1-3H3,(H,27,29)/b23-13-/t19-/m1/s1. The molecule has 0 unspecified atom stereocenters. The molecule has 35 heavy (non-hydrogen) atoms. The van der Waals surface area contributed by atoms with Crippen LogP contribution in [0.2, 0.25) is 0 Å². The molecule has 1 N–H and O–H groups in total. The quantitative estimate of drug-likeness (QED) is 0.405. The maximum atomic E-state index is 12.9. The number of hydrogen-bond acceptors (Lipinski definition) is 7. The number of nitrogens with one attached hydrogen (secondary N) is 1. The van der Waals surface area contributed by atoms with Crippen LogP contribution in [-0.4, -0.2) is 54.0 Å². The highest BCUT2D eigenvalue weighted by Crippen LogP contribution is 2.35. The van der Waals surface area contributed by atoms with Gasteiger partial charge in [0, 0.05) is 12.3 Å². The molecule has 0 spiro atoms. The lowest BCUT2D eigenvalue weighted by Crippen LogP contribution is -2.35. The summed E-state index contributed by atoms with van der Waals surface area (Å²) in [5, 5.41) is 2.88. The van der Waals surface area contributed by atoms with Crippen LogP contribution in [0.3, 0.4) is 0 Å². The maximum absolute atomic E-state index is 12.9. The summed E-state index contributed by atoms with van der Waals surface area (Å²) < 4.78 is 17.4. The van der Waals surface area contributed by atoms with E-state index in [1.165, 1.54) is 18.9 Å². The first-order valence-corrected chi connectivity index (χ1v) is 12.6. The molecule has 2 amide bonds. The fraction of sp³-hybridized carbons (Fsp3) is 0.346. The lowest BCUT2D eigenvalue weighted by molar-refractivity contribution is -0.123. The Morgan fingerprint density at radius 3 is 2.86 bits per heavy atom. The Labute approximate surface area is 214 Å². The summed E-state index contributed by atoms with van der Waals surface area (Å²) >= 11 is 6.71. The van der Waals surface area contributed by atoms with Crippen LogP contribution < -0.4 is 14.8 Å². The number of methoxy groups -OCH3 is 1. The summed E-state index contributed by atoms with van der Waals surface area (Å²) in [4.78, 5) is 27.5. The Kier molecular flexibility index (Phi) is 8.10. The molecule has 2 aromatic carbocycles. The second-order valence-corrected chi connectivity index (χ2v) is 10.1. The first kappa shape index (κ1) is 25.2. The maximum Gasteiger partial charge on any atom is 0.266 e. The molecule has 1 atom stereocenters. The van der Waals surface area contributed by atoms with E-state index >= 15 is 0 Å². The van der Waals surface area contributed by atoms with E-state index in [0.29, 0.717) is 27.3 Å². The summed E-state index contributed by atoms with van der Waals surface area (Å²) in [5.74, 6) is 0.525. The summed E-state index contributed by atoms with van der Waals surface area (Å²) in [6, 6.07) is 11.1. The average Bonchev–Trinajstić information content (AvgIpc) is 3.45. The summed E-state index contributed by atoms with van der Waals surface area (Å²) in [6.07, 6.45) is 3.78. The van der Waals surface area contributed by atoms with Gasteiger partial charge in [0.1, 0.15) is 4.32 Å². The Morgan fingerprint density at radius 1 is 1.29 bits per heavy atom. The van der Waals surface area contributed by atoms with Gasteiger partial charge in [-0.25, -0.2) is 0 Å². The van der Waals surface area contributed by atoms with Gasteiger partial charge < -0.3 is 19.5 Å². The molecule has 7 nitrogen and oxygen atoms in total. The molecule has 4 rings (SSSR count). The van der Waals surface area contributed by atoms with Crippen molar-refractivity contribution in [1.82, 2.24) is 4.90 Å². The van der Waals surface area contributed by atoms with E-state index in [1.54, 1.807) is 23.1 Å². The van der Waals surface area contributed by atoms with Gasteiger partial charge in [-0.1, -0.05) is 42.2 Å². The van der Waals surface area contributed by atoms with Crippen molar-refractivity contribution in [3.63, 3.8) is 0 Å². The van der Waals surface area contributed by atoms with Gasteiger partial charge in [0.2, 0.25) is 0 Å². The van der Waals surface area contributed by atoms with Crippen LogP contribution in [-0.2, 0) is 14.3 Å². The Bertz CT molecular complexity index is 1170. The Hall–Kier alpha value is -2.88. The minimum Gasteiger partial charge on any atom is -0.493 e. The van der Waals surface area contributed by atoms with Crippen LogP contribution in [0, 0.1) is 13.8 Å². The number of benzene rings is 2. The number of hydrogen-bond donors (Lipinski definition) is 1. The monoisotopic (exact) mass is 512 g/mol. The van der Waals surface area contributed by atoms with Crippen molar-refractivity contribution >= 4 is 51.9 Å². The van der Waals surface area contributed by atoms with Crippen molar-refractivity contribution in [3.05, 3.63) is 58.0 Å². The summed E-state index contributed by atoms with van der Waals surface area (Å²) in [5.41, 5.74) is 3.65. The molecule has 2 aliphatic rings. The first-order chi connectivity index (χ1) is 16.9. The van der Waals surface area contributed by atoms with Crippen molar-refractivity contribution < 1.29 is 23.8 Å². The fourth-order valence-electron chi connectivity index (χ4n) is 3.91. The van der Waals surface area contributed by atoms with Crippen molar-refractivity contribution in [2.75, 3.05) is 32.2 Å². The number of carbonyl (C=O) groups excluding carboxylic acids is 2. The number of rotatable bonds is 8. The summed E-state index contributed by atoms with van der Waals surface area (Å²) in [7, 11) is 1.53. The molecule has 2 fully saturated rings. The van der Waals surface area contributed by atoms with Crippen LogP contribution >= 0.6 is 24.0 Å². The molecular weight excluding hydrogens is 484 g/mol. The number of nitrogens with zero attached hydrogens (tertiary/aromatic N) is 1. The lowest BCUT2D eigenvalue weighted by atomic mass is 10.1. The minimum absolute atomic E-state index is 0.0420. The number of carbonyl (C=O) groups is 2. The van der Waals surface area contributed by atoms with Gasteiger partial charge in [0.05, 0.1) is 24.7 Å². The number of thiocarbonyl (C=S) groups is 1. The second-order valence-electron chi connectivity index (χ2n) is 8.42. The highest BCUT2D eigenvalue weighted by Gasteiger charge is 2.34.